The summed E-state index contributed by atoms with van der Waals surface area (Å²) in [6.07, 6.45) is 44.1. The lowest BCUT2D eigenvalue weighted by atomic mass is 9.84. The first-order valence-corrected chi connectivity index (χ1v) is 30.5. The van der Waals surface area contributed by atoms with E-state index in [0.717, 1.165) is 59.2 Å². The fourth-order valence-corrected chi connectivity index (χ4v) is 15.6. The zero-order valence-corrected chi connectivity index (χ0v) is 46.2. The van der Waals surface area contributed by atoms with Crippen LogP contribution in [0.4, 0.5) is 0 Å². The lowest BCUT2D eigenvalue weighted by Crippen LogP contribution is -2.13. The molecule has 0 spiro atoms. The predicted octanol–water partition coefficient (Wildman–Crippen LogP) is 28.2. The Kier molecular flexibility index (Phi) is 47.2. The average Bonchev–Trinajstić information content (AvgIpc) is 4.22. The van der Waals surface area contributed by atoms with Gasteiger partial charge in [0.1, 0.15) is 0 Å². The Morgan fingerprint density at radius 3 is 0.588 bits per heavy atom. The van der Waals surface area contributed by atoms with Crippen LogP contribution in [-0.4, -0.2) is 0 Å². The van der Waals surface area contributed by atoms with Crippen molar-refractivity contribution >= 4 is 0 Å². The average molecular weight is 1110 g/mol. The first kappa shape index (κ1) is 83.3. The Morgan fingerprint density at radius 1 is 0.225 bits per heavy atom. The van der Waals surface area contributed by atoms with E-state index in [1.54, 1.807) is 60.8 Å². The van der Waals surface area contributed by atoms with E-state index < -0.39 is 0 Å². The second-order valence-electron chi connectivity index (χ2n) is 24.6. The molecule has 4 aromatic rings. The molecular weight excluding hydrogens is 961 g/mol. The molecule has 4 atom stereocenters. The zero-order chi connectivity index (χ0) is 48.9. The third-order valence-electron chi connectivity index (χ3n) is 19.8. The quantitative estimate of drug-likeness (QED) is 0.181. The summed E-state index contributed by atoms with van der Waals surface area (Å²) in [5.74, 6) is 10.1. The second kappa shape index (κ2) is 45.3. The number of rotatable bonds is 6. The van der Waals surface area contributed by atoms with Gasteiger partial charge >= 0.3 is 0 Å². The van der Waals surface area contributed by atoms with Crippen molar-refractivity contribution in [2.24, 2.45) is 35.5 Å². The number of hydrogen-bond acceptors (Lipinski definition) is 0. The molecule has 0 saturated heterocycles. The van der Waals surface area contributed by atoms with Crippen LogP contribution >= 0.6 is 0 Å². The molecule has 0 heteroatoms. The molecule has 0 amide bonds. The summed E-state index contributed by atoms with van der Waals surface area (Å²) in [6, 6.07) is 35.3. The monoisotopic (exact) mass is 1110 g/mol. The molecule has 8 aliphatic carbocycles. The van der Waals surface area contributed by atoms with Gasteiger partial charge < -0.3 is 0 Å². The molecule has 0 nitrogen and oxygen atoms in total. The van der Waals surface area contributed by atoms with E-state index in [1.165, 1.54) is 176 Å². The minimum atomic E-state index is 0. The topological polar surface area (TPSA) is 0 Å². The normalized spacial score (nSPS) is 22.1. The SMILES string of the molecule is C.C.C.C.C.C.C.C.C.C.CC1CCCC1C1CCCC1.CC1CCCC1C1CCCC1.Cc1ccccc1C1CCCC1.Cc1ccccc1C1CCCC1.Cc1ccccc1C1CCCC1.Cc1ccccc1C1CCCC1. The van der Waals surface area contributed by atoms with Crippen molar-refractivity contribution in [3.8, 4) is 0 Å². The molecule has 8 saturated carbocycles. The first-order valence-electron chi connectivity index (χ1n) is 30.5. The van der Waals surface area contributed by atoms with Crippen molar-refractivity contribution in [2.45, 2.75) is 332 Å². The van der Waals surface area contributed by atoms with Gasteiger partial charge in [0.05, 0.1) is 0 Å². The van der Waals surface area contributed by atoms with E-state index in [0.29, 0.717) is 0 Å². The van der Waals surface area contributed by atoms with Crippen LogP contribution in [-0.2, 0) is 0 Å². The van der Waals surface area contributed by atoms with E-state index in [4.69, 9.17) is 0 Å². The molecule has 0 heterocycles. The summed E-state index contributed by atoms with van der Waals surface area (Å²) >= 11 is 0. The Hall–Kier alpha value is -3.12. The van der Waals surface area contributed by atoms with Gasteiger partial charge in [-0.3, -0.25) is 0 Å². The maximum Gasteiger partial charge on any atom is -0.0159 e. The number of aryl methyl sites for hydroxylation is 4. The van der Waals surface area contributed by atoms with E-state index in [9.17, 15) is 0 Å². The van der Waals surface area contributed by atoms with Gasteiger partial charge in [0.15, 0.2) is 0 Å². The fourth-order valence-electron chi connectivity index (χ4n) is 15.6. The molecule has 0 aromatic heterocycles. The highest BCUT2D eigenvalue weighted by Crippen LogP contribution is 2.45. The molecule has 4 unspecified atom stereocenters. The van der Waals surface area contributed by atoms with Crippen LogP contribution in [0, 0.1) is 63.2 Å². The van der Waals surface area contributed by atoms with E-state index in [1.807, 2.05) is 0 Å². The Balaban J connectivity index is -0.000000423. The molecule has 0 aliphatic heterocycles. The predicted molar refractivity (Wildman–Crippen MR) is 374 cm³/mol. The molecule has 0 N–H and O–H groups in total. The Bertz CT molecular complexity index is 1750. The minimum Gasteiger partial charge on any atom is -0.0776 e. The molecule has 464 valence electrons. The van der Waals surface area contributed by atoms with Gasteiger partial charge in [-0.2, -0.15) is 0 Å². The molecule has 8 fully saturated rings. The van der Waals surface area contributed by atoms with Crippen LogP contribution in [0.1, 0.15) is 349 Å². The molecule has 12 rings (SSSR count). The maximum atomic E-state index is 2.47. The van der Waals surface area contributed by atoms with Gasteiger partial charge in [-0.05, 0) is 196 Å². The lowest BCUT2D eigenvalue weighted by Gasteiger charge is -2.22. The molecule has 8 aliphatic rings. The zero-order valence-electron chi connectivity index (χ0n) is 46.2. The van der Waals surface area contributed by atoms with E-state index >= 15 is 0 Å². The highest BCUT2D eigenvalue weighted by Gasteiger charge is 2.33. The van der Waals surface area contributed by atoms with Gasteiger partial charge in [-0.15, -0.1) is 0 Å². The summed E-state index contributed by atoms with van der Waals surface area (Å²) in [5, 5.41) is 0. The summed E-state index contributed by atoms with van der Waals surface area (Å²) in [4.78, 5) is 0. The number of hydrogen-bond donors (Lipinski definition) is 0. The molecule has 0 radical (unpaired) electrons. The van der Waals surface area contributed by atoms with Crippen molar-refractivity contribution in [3.63, 3.8) is 0 Å². The van der Waals surface area contributed by atoms with Crippen LogP contribution < -0.4 is 0 Å². The summed E-state index contributed by atoms with van der Waals surface area (Å²) in [6.45, 7) is 13.9. The summed E-state index contributed by atoms with van der Waals surface area (Å²) in [7, 11) is 0. The lowest BCUT2D eigenvalue weighted by molar-refractivity contribution is 0.280. The van der Waals surface area contributed by atoms with Gasteiger partial charge in [-0.25, -0.2) is 0 Å². The van der Waals surface area contributed by atoms with Crippen molar-refractivity contribution in [1.82, 2.24) is 0 Å². The summed E-state index contributed by atoms with van der Waals surface area (Å²) in [5.41, 5.74) is 12.3. The minimum absolute atomic E-state index is 0. The third-order valence-corrected chi connectivity index (χ3v) is 19.8. The van der Waals surface area contributed by atoms with Gasteiger partial charge in [0.25, 0.3) is 0 Å². The Labute approximate surface area is 506 Å². The third kappa shape index (κ3) is 25.4. The highest BCUT2D eigenvalue weighted by molar-refractivity contribution is 5.32. The van der Waals surface area contributed by atoms with Gasteiger partial charge in [0.2, 0.25) is 0 Å². The van der Waals surface area contributed by atoms with Crippen molar-refractivity contribution < 1.29 is 0 Å². The standard InChI is InChI=1S/4C12H16.2C11H20.10CH4/c4*1-10-6-2-5-9-12(10)11-7-3-4-8-11;2*1-9-5-4-8-11(9)10-6-2-3-7-10;;;;;;;;;;/h4*2,5-6,9,11H,3-4,7-8H2,1H3;2*9-11H,2-8H2,1H3;10*1H4. The van der Waals surface area contributed by atoms with Gasteiger partial charge in [-0.1, -0.05) is 314 Å². The largest absolute Gasteiger partial charge is 0.0776 e. The Morgan fingerprint density at radius 2 is 0.412 bits per heavy atom. The van der Waals surface area contributed by atoms with Crippen molar-refractivity contribution in [1.29, 1.82) is 0 Å². The second-order valence-corrected chi connectivity index (χ2v) is 24.6. The molecule has 0 bridgehead atoms. The van der Waals surface area contributed by atoms with Crippen LogP contribution in [0.2, 0.25) is 0 Å². The van der Waals surface area contributed by atoms with Crippen molar-refractivity contribution in [2.75, 3.05) is 0 Å². The smallest absolute Gasteiger partial charge is 0.0159 e. The van der Waals surface area contributed by atoms with Crippen LogP contribution in [0.3, 0.4) is 0 Å². The van der Waals surface area contributed by atoms with Gasteiger partial charge in [0, 0.05) is 0 Å². The number of benzene rings is 4. The molecular formula is C80H144. The van der Waals surface area contributed by atoms with E-state index in [2.05, 4.69) is 139 Å². The van der Waals surface area contributed by atoms with E-state index in [-0.39, 0.29) is 74.3 Å². The first-order chi connectivity index (χ1) is 34.3. The van der Waals surface area contributed by atoms with Crippen LogP contribution in [0.5, 0.6) is 0 Å². The maximum absolute atomic E-state index is 2.47. The molecule has 80 heavy (non-hydrogen) atoms. The summed E-state index contributed by atoms with van der Waals surface area (Å²) < 4.78 is 0. The van der Waals surface area contributed by atoms with Crippen LogP contribution in [0.15, 0.2) is 97.1 Å². The van der Waals surface area contributed by atoms with Crippen molar-refractivity contribution in [3.05, 3.63) is 142 Å². The highest BCUT2D eigenvalue weighted by atomic mass is 14.4. The van der Waals surface area contributed by atoms with Crippen LogP contribution in [0.25, 0.3) is 0 Å². The fraction of sp³-hybridized carbons (Fsp3) is 0.700. The molecule has 4 aromatic carbocycles.